The monoisotopic (exact) mass is 344 g/mol. The Kier molecular flexibility index (Phi) is 7.75. The van der Waals surface area contributed by atoms with Gasteiger partial charge >= 0.3 is 0 Å². The summed E-state index contributed by atoms with van der Waals surface area (Å²) < 4.78 is 7.47. The predicted octanol–water partition coefficient (Wildman–Crippen LogP) is 2.04. The number of hydrogen-bond acceptors (Lipinski definition) is 4. The van der Waals surface area contributed by atoms with Crippen molar-refractivity contribution in [1.29, 1.82) is 0 Å². The summed E-state index contributed by atoms with van der Waals surface area (Å²) in [7, 11) is 1.87. The van der Waals surface area contributed by atoms with Crippen molar-refractivity contribution >= 4 is 5.96 Å². The van der Waals surface area contributed by atoms with Gasteiger partial charge in [-0.3, -0.25) is 4.68 Å². The molecule has 0 fully saturated rings. The van der Waals surface area contributed by atoms with E-state index < -0.39 is 0 Å². The fourth-order valence-corrected chi connectivity index (χ4v) is 2.21. The minimum absolute atomic E-state index is 0.502. The number of benzene rings is 1. The minimum atomic E-state index is 0.502. The molecule has 0 unspecified atom stereocenters. The van der Waals surface area contributed by atoms with Crippen molar-refractivity contribution in [3.63, 3.8) is 0 Å². The molecule has 0 bridgehead atoms. The van der Waals surface area contributed by atoms with Crippen LogP contribution in [0.5, 0.6) is 5.75 Å². The number of hydrogen-bond donors (Lipinski definition) is 2. The Balaban J connectivity index is 1.65. The van der Waals surface area contributed by atoms with E-state index in [1.165, 1.54) is 5.56 Å². The van der Waals surface area contributed by atoms with Crippen molar-refractivity contribution in [3.8, 4) is 5.75 Å². The van der Waals surface area contributed by atoms with Gasteiger partial charge in [0.25, 0.3) is 0 Å². The molecule has 1 heterocycles. The zero-order valence-corrected chi connectivity index (χ0v) is 15.3. The summed E-state index contributed by atoms with van der Waals surface area (Å²) in [6.07, 6.45) is 3.54. The van der Waals surface area contributed by atoms with Gasteiger partial charge in [0.15, 0.2) is 5.96 Å². The smallest absolute Gasteiger partial charge is 0.191 e. The number of aromatic nitrogens is 3. The van der Waals surface area contributed by atoms with E-state index >= 15 is 0 Å². The summed E-state index contributed by atoms with van der Waals surface area (Å²) in [5.41, 5.74) is 1.24. The van der Waals surface area contributed by atoms with Crippen LogP contribution in [0.1, 0.15) is 31.2 Å². The fourth-order valence-electron chi connectivity index (χ4n) is 2.21. The number of guanidine groups is 1. The van der Waals surface area contributed by atoms with Crippen LogP contribution < -0.4 is 15.4 Å². The molecule has 0 aliphatic heterocycles. The fraction of sp³-hybridized carbons (Fsp3) is 0.500. The van der Waals surface area contributed by atoms with Crippen molar-refractivity contribution in [1.82, 2.24) is 25.4 Å². The van der Waals surface area contributed by atoms with Crippen molar-refractivity contribution in [3.05, 3.63) is 42.0 Å². The van der Waals surface area contributed by atoms with Crippen LogP contribution in [0, 0.1) is 6.92 Å². The van der Waals surface area contributed by atoms with Crippen molar-refractivity contribution in [2.75, 3.05) is 19.7 Å². The average Bonchev–Trinajstić information content (AvgIpc) is 3.02. The van der Waals surface area contributed by atoms with E-state index in [-0.39, 0.29) is 0 Å². The van der Waals surface area contributed by atoms with Crippen molar-refractivity contribution < 1.29 is 4.74 Å². The summed E-state index contributed by atoms with van der Waals surface area (Å²) in [6, 6.07) is 8.15. The normalized spacial score (nSPS) is 11.4. The summed E-state index contributed by atoms with van der Waals surface area (Å²) >= 11 is 0. The Morgan fingerprint density at radius 3 is 2.68 bits per heavy atom. The first-order valence-corrected chi connectivity index (χ1v) is 8.73. The first kappa shape index (κ1) is 18.8. The van der Waals surface area contributed by atoms with Gasteiger partial charge in [0.05, 0.1) is 6.61 Å². The molecule has 7 nitrogen and oxygen atoms in total. The maximum Gasteiger partial charge on any atom is 0.191 e. The van der Waals surface area contributed by atoms with Crippen LogP contribution in [0.15, 0.2) is 35.6 Å². The van der Waals surface area contributed by atoms with Gasteiger partial charge in [0.1, 0.15) is 24.4 Å². The summed E-state index contributed by atoms with van der Waals surface area (Å²) in [6.45, 7) is 7.01. The summed E-state index contributed by atoms with van der Waals surface area (Å²) in [5, 5.41) is 10.6. The topological polar surface area (TPSA) is 76.4 Å². The molecule has 2 N–H and O–H groups in total. The lowest BCUT2D eigenvalue weighted by molar-refractivity contribution is 0.307. The maximum absolute atomic E-state index is 5.73. The third-order valence-corrected chi connectivity index (χ3v) is 3.68. The van der Waals surface area contributed by atoms with Gasteiger partial charge in [0, 0.05) is 20.1 Å². The first-order valence-electron chi connectivity index (χ1n) is 8.73. The second-order valence-electron chi connectivity index (χ2n) is 5.79. The molecule has 1 aromatic heterocycles. The molecule has 7 heteroatoms. The number of aliphatic imine (C=N–C) groups is 1. The third kappa shape index (κ3) is 6.82. The number of ether oxygens (including phenoxy) is 1. The molecule has 0 atom stereocenters. The SMILES string of the molecule is CCNC(=NCc1ncnn1C)NCCCCOc1ccc(C)cc1. The Morgan fingerprint density at radius 2 is 2.00 bits per heavy atom. The van der Waals surface area contributed by atoms with Gasteiger partial charge in [-0.1, -0.05) is 17.7 Å². The zero-order valence-electron chi connectivity index (χ0n) is 15.3. The Labute approximate surface area is 149 Å². The molecule has 25 heavy (non-hydrogen) atoms. The van der Waals surface area contributed by atoms with Gasteiger partial charge < -0.3 is 15.4 Å². The van der Waals surface area contributed by atoms with Gasteiger partial charge in [-0.15, -0.1) is 0 Å². The lowest BCUT2D eigenvalue weighted by Gasteiger charge is -2.11. The van der Waals surface area contributed by atoms with E-state index in [9.17, 15) is 0 Å². The highest BCUT2D eigenvalue weighted by atomic mass is 16.5. The van der Waals surface area contributed by atoms with Gasteiger partial charge in [-0.2, -0.15) is 5.10 Å². The quantitative estimate of drug-likeness (QED) is 0.414. The highest BCUT2D eigenvalue weighted by Gasteiger charge is 2.01. The van der Waals surface area contributed by atoms with Crippen molar-refractivity contribution in [2.24, 2.45) is 12.0 Å². The predicted molar refractivity (Wildman–Crippen MR) is 99.7 cm³/mol. The summed E-state index contributed by atoms with van der Waals surface area (Å²) in [4.78, 5) is 8.71. The molecule has 0 amide bonds. The van der Waals surface area contributed by atoms with Crippen LogP contribution >= 0.6 is 0 Å². The number of nitrogens with zero attached hydrogens (tertiary/aromatic N) is 4. The molecule has 0 saturated carbocycles. The van der Waals surface area contributed by atoms with Crippen molar-refractivity contribution in [2.45, 2.75) is 33.2 Å². The second kappa shape index (κ2) is 10.3. The second-order valence-corrected chi connectivity index (χ2v) is 5.79. The van der Waals surface area contributed by atoms with Crippen LogP contribution in [-0.2, 0) is 13.6 Å². The number of nitrogens with one attached hydrogen (secondary N) is 2. The average molecular weight is 344 g/mol. The Hall–Kier alpha value is -2.57. The lowest BCUT2D eigenvalue weighted by atomic mass is 10.2. The lowest BCUT2D eigenvalue weighted by Crippen LogP contribution is -2.37. The van der Waals surface area contributed by atoms with Crippen LogP contribution in [-0.4, -0.2) is 40.4 Å². The molecule has 2 aromatic rings. The number of aryl methyl sites for hydroxylation is 2. The van der Waals surface area contributed by atoms with Gasteiger partial charge in [-0.05, 0) is 38.8 Å². The van der Waals surface area contributed by atoms with E-state index in [4.69, 9.17) is 4.74 Å². The van der Waals surface area contributed by atoms with E-state index in [2.05, 4.69) is 51.7 Å². The highest BCUT2D eigenvalue weighted by Crippen LogP contribution is 2.11. The molecule has 0 aliphatic carbocycles. The molecule has 0 saturated heterocycles. The van der Waals surface area contributed by atoms with Crippen LogP contribution in [0.25, 0.3) is 0 Å². The molecule has 1 aromatic carbocycles. The molecule has 0 radical (unpaired) electrons. The van der Waals surface area contributed by atoms with E-state index in [1.54, 1.807) is 11.0 Å². The standard InChI is InChI=1S/C18H28N6O/c1-4-19-18(21-13-17-22-14-23-24(17)3)20-11-5-6-12-25-16-9-7-15(2)8-10-16/h7-10,14H,4-6,11-13H2,1-3H3,(H2,19,20,21). The molecule has 136 valence electrons. The van der Waals surface area contributed by atoms with Gasteiger partial charge in [-0.25, -0.2) is 9.98 Å². The Bertz CT molecular complexity index is 650. The largest absolute Gasteiger partial charge is 0.494 e. The van der Waals surface area contributed by atoms with E-state index in [0.29, 0.717) is 6.54 Å². The summed E-state index contributed by atoms with van der Waals surface area (Å²) in [5.74, 6) is 2.56. The van der Waals surface area contributed by atoms with E-state index in [1.807, 2.05) is 19.2 Å². The third-order valence-electron chi connectivity index (χ3n) is 3.68. The number of unbranched alkanes of at least 4 members (excludes halogenated alkanes) is 1. The minimum Gasteiger partial charge on any atom is -0.494 e. The zero-order chi connectivity index (χ0) is 17.9. The number of rotatable bonds is 9. The highest BCUT2D eigenvalue weighted by molar-refractivity contribution is 5.79. The maximum atomic E-state index is 5.73. The molecular formula is C18H28N6O. The van der Waals surface area contributed by atoms with Gasteiger partial charge in [0.2, 0.25) is 0 Å². The molecule has 2 rings (SSSR count). The molecule has 0 spiro atoms. The Morgan fingerprint density at radius 1 is 1.20 bits per heavy atom. The van der Waals surface area contributed by atoms with E-state index in [0.717, 1.165) is 50.1 Å². The van der Waals surface area contributed by atoms with Crippen LogP contribution in [0.3, 0.4) is 0 Å². The molecular weight excluding hydrogens is 316 g/mol. The first-order chi connectivity index (χ1) is 12.2. The molecule has 0 aliphatic rings. The van der Waals surface area contributed by atoms with Crippen LogP contribution in [0.4, 0.5) is 0 Å². The van der Waals surface area contributed by atoms with Crippen LogP contribution in [0.2, 0.25) is 0 Å².